The highest BCUT2D eigenvalue weighted by molar-refractivity contribution is 7.88. The Balaban J connectivity index is 1.50. The third-order valence-corrected chi connectivity index (χ3v) is 8.96. The lowest BCUT2D eigenvalue weighted by Crippen LogP contribution is -2.46. The molecule has 0 saturated carbocycles. The molecule has 35 heavy (non-hydrogen) atoms. The SMILES string of the molecule is Cc1ccccc1[C@H](NC(=O)[C@H]1CCCN(S(=O)(=O)Cc2ccc(Cl)c(Cl)c2)C1)c1ccccc1. The third kappa shape index (κ3) is 6.25. The quantitative estimate of drug-likeness (QED) is 0.422. The Hall–Kier alpha value is -2.38. The van der Waals surface area contributed by atoms with E-state index >= 15 is 0 Å². The van der Waals surface area contributed by atoms with Gasteiger partial charge in [-0.2, -0.15) is 0 Å². The van der Waals surface area contributed by atoms with Gasteiger partial charge in [0.25, 0.3) is 0 Å². The summed E-state index contributed by atoms with van der Waals surface area (Å²) in [4.78, 5) is 13.4. The van der Waals surface area contributed by atoms with Gasteiger partial charge < -0.3 is 5.32 Å². The number of benzene rings is 3. The Morgan fingerprint density at radius 3 is 2.46 bits per heavy atom. The van der Waals surface area contributed by atoms with Crippen molar-refractivity contribution in [3.05, 3.63) is 105 Å². The van der Waals surface area contributed by atoms with Crippen LogP contribution in [0, 0.1) is 12.8 Å². The molecule has 0 aliphatic carbocycles. The summed E-state index contributed by atoms with van der Waals surface area (Å²) in [6.45, 7) is 2.58. The third-order valence-electron chi connectivity index (χ3n) is 6.40. The number of nitrogens with zero attached hydrogens (tertiary/aromatic N) is 1. The number of hydrogen-bond acceptors (Lipinski definition) is 3. The van der Waals surface area contributed by atoms with Gasteiger partial charge in [0, 0.05) is 13.1 Å². The first-order chi connectivity index (χ1) is 16.7. The van der Waals surface area contributed by atoms with Gasteiger partial charge in [0.2, 0.25) is 15.9 Å². The van der Waals surface area contributed by atoms with Crippen LogP contribution in [0.25, 0.3) is 0 Å². The number of sulfonamides is 1. The van der Waals surface area contributed by atoms with Gasteiger partial charge in [-0.05, 0) is 54.2 Å². The lowest BCUT2D eigenvalue weighted by Gasteiger charge is -2.32. The number of amides is 1. The molecule has 0 bridgehead atoms. The van der Waals surface area contributed by atoms with E-state index in [-0.39, 0.29) is 24.2 Å². The summed E-state index contributed by atoms with van der Waals surface area (Å²) in [6, 6.07) is 22.3. The molecule has 0 aromatic heterocycles. The lowest BCUT2D eigenvalue weighted by molar-refractivity contribution is -0.126. The molecule has 8 heteroatoms. The maximum atomic E-state index is 13.4. The van der Waals surface area contributed by atoms with Crippen LogP contribution in [0.1, 0.15) is 41.1 Å². The number of rotatable bonds is 7. The molecule has 1 fully saturated rings. The molecule has 0 unspecified atom stereocenters. The molecule has 184 valence electrons. The largest absolute Gasteiger partial charge is 0.345 e. The predicted molar refractivity (Wildman–Crippen MR) is 141 cm³/mol. The molecule has 3 aromatic carbocycles. The van der Waals surface area contributed by atoms with Crippen LogP contribution in [-0.2, 0) is 20.6 Å². The number of halogens is 2. The van der Waals surface area contributed by atoms with Crippen LogP contribution in [0.3, 0.4) is 0 Å². The van der Waals surface area contributed by atoms with Crippen LogP contribution >= 0.6 is 23.2 Å². The van der Waals surface area contributed by atoms with E-state index in [4.69, 9.17) is 23.2 Å². The molecular formula is C27H28Cl2N2O3S. The zero-order valence-electron chi connectivity index (χ0n) is 19.5. The van der Waals surface area contributed by atoms with Crippen molar-refractivity contribution >= 4 is 39.1 Å². The number of carbonyl (C=O) groups excluding carboxylic acids is 1. The second-order valence-corrected chi connectivity index (χ2v) is 11.7. The number of hydrogen-bond donors (Lipinski definition) is 1. The van der Waals surface area contributed by atoms with Gasteiger partial charge in [-0.25, -0.2) is 12.7 Å². The van der Waals surface area contributed by atoms with Crippen molar-refractivity contribution in [1.82, 2.24) is 9.62 Å². The Bertz CT molecular complexity index is 1300. The smallest absolute Gasteiger partial charge is 0.225 e. The van der Waals surface area contributed by atoms with Crippen LogP contribution in [0.15, 0.2) is 72.8 Å². The first-order valence-electron chi connectivity index (χ1n) is 11.6. The average Bonchev–Trinajstić information content (AvgIpc) is 2.86. The Kier molecular flexibility index (Phi) is 8.17. The summed E-state index contributed by atoms with van der Waals surface area (Å²) >= 11 is 12.0. The van der Waals surface area contributed by atoms with Crippen LogP contribution in [0.4, 0.5) is 0 Å². The van der Waals surface area contributed by atoms with Crippen LogP contribution in [0.5, 0.6) is 0 Å². The van der Waals surface area contributed by atoms with E-state index in [1.54, 1.807) is 18.2 Å². The van der Waals surface area contributed by atoms with Gasteiger partial charge in [0.15, 0.2) is 0 Å². The second-order valence-electron chi connectivity index (χ2n) is 8.91. The van der Waals surface area contributed by atoms with Gasteiger partial charge in [-0.15, -0.1) is 0 Å². The molecule has 1 saturated heterocycles. The van der Waals surface area contributed by atoms with E-state index in [1.165, 1.54) is 4.31 Å². The summed E-state index contributed by atoms with van der Waals surface area (Å²) in [5.74, 6) is -0.757. The van der Waals surface area contributed by atoms with Crippen molar-refractivity contribution in [2.45, 2.75) is 31.6 Å². The van der Waals surface area contributed by atoms with E-state index in [1.807, 2.05) is 61.5 Å². The zero-order valence-corrected chi connectivity index (χ0v) is 21.8. The van der Waals surface area contributed by atoms with Gasteiger partial charge in [0.1, 0.15) is 0 Å². The van der Waals surface area contributed by atoms with Crippen molar-refractivity contribution in [3.63, 3.8) is 0 Å². The molecular weight excluding hydrogens is 503 g/mol. The summed E-state index contributed by atoms with van der Waals surface area (Å²) < 4.78 is 27.7. The number of aryl methyl sites for hydroxylation is 1. The fourth-order valence-electron chi connectivity index (χ4n) is 4.50. The Morgan fingerprint density at radius 1 is 1.03 bits per heavy atom. The fraction of sp³-hybridized carbons (Fsp3) is 0.296. The minimum absolute atomic E-state index is 0.142. The minimum Gasteiger partial charge on any atom is -0.345 e. The summed E-state index contributed by atoms with van der Waals surface area (Å²) in [7, 11) is -3.62. The first kappa shape index (κ1) is 25.7. The van der Waals surface area contributed by atoms with Gasteiger partial charge >= 0.3 is 0 Å². The topological polar surface area (TPSA) is 66.5 Å². The summed E-state index contributed by atoms with van der Waals surface area (Å²) in [5, 5.41) is 3.90. The standard InChI is InChI=1S/C27H28Cl2N2O3S/c1-19-8-5-6-12-23(19)26(21-9-3-2-4-10-21)30-27(32)22-11-7-15-31(17-22)35(33,34)18-20-13-14-24(28)25(29)16-20/h2-6,8-10,12-14,16,22,26H,7,11,15,17-18H2,1H3,(H,30,32)/t22-,26+/m0/s1. The molecule has 5 nitrogen and oxygen atoms in total. The molecule has 1 aliphatic rings. The van der Waals surface area contributed by atoms with Crippen molar-refractivity contribution in [2.75, 3.05) is 13.1 Å². The second kappa shape index (κ2) is 11.1. The molecule has 1 heterocycles. The maximum Gasteiger partial charge on any atom is 0.225 e. The van der Waals surface area contributed by atoms with E-state index in [0.717, 1.165) is 16.7 Å². The van der Waals surface area contributed by atoms with Crippen LogP contribution < -0.4 is 5.32 Å². The molecule has 3 aromatic rings. The van der Waals surface area contributed by atoms with Crippen molar-refractivity contribution in [1.29, 1.82) is 0 Å². The molecule has 4 rings (SSSR count). The highest BCUT2D eigenvalue weighted by atomic mass is 35.5. The highest BCUT2D eigenvalue weighted by Crippen LogP contribution is 2.28. The van der Waals surface area contributed by atoms with Crippen molar-refractivity contribution in [2.24, 2.45) is 5.92 Å². The summed E-state index contributed by atoms with van der Waals surface area (Å²) in [6.07, 6.45) is 1.26. The fourth-order valence-corrected chi connectivity index (χ4v) is 6.42. The van der Waals surface area contributed by atoms with E-state index in [0.29, 0.717) is 35.0 Å². The van der Waals surface area contributed by atoms with Gasteiger partial charge in [-0.3, -0.25) is 4.79 Å². The predicted octanol–water partition coefficient (Wildman–Crippen LogP) is 5.75. The monoisotopic (exact) mass is 530 g/mol. The van der Waals surface area contributed by atoms with E-state index < -0.39 is 15.9 Å². The van der Waals surface area contributed by atoms with Crippen molar-refractivity contribution < 1.29 is 13.2 Å². The van der Waals surface area contributed by atoms with Crippen molar-refractivity contribution in [3.8, 4) is 0 Å². The highest BCUT2D eigenvalue weighted by Gasteiger charge is 2.33. The normalized spacial score (nSPS) is 17.6. The maximum absolute atomic E-state index is 13.4. The van der Waals surface area contributed by atoms with Crippen LogP contribution in [0.2, 0.25) is 10.0 Å². The molecule has 1 aliphatic heterocycles. The number of carbonyl (C=O) groups is 1. The number of nitrogens with one attached hydrogen (secondary N) is 1. The Labute approximate surface area is 217 Å². The van der Waals surface area contributed by atoms with Gasteiger partial charge in [0.05, 0.1) is 27.8 Å². The molecule has 1 amide bonds. The van der Waals surface area contributed by atoms with Gasteiger partial charge in [-0.1, -0.05) is 83.9 Å². The lowest BCUT2D eigenvalue weighted by atomic mass is 9.93. The molecule has 0 spiro atoms. The molecule has 1 N–H and O–H groups in total. The molecule has 0 radical (unpaired) electrons. The zero-order chi connectivity index (χ0) is 25.0. The Morgan fingerprint density at radius 2 is 1.74 bits per heavy atom. The molecule has 2 atom stereocenters. The number of piperidine rings is 1. The summed E-state index contributed by atoms with van der Waals surface area (Å²) in [5.41, 5.74) is 3.65. The van der Waals surface area contributed by atoms with E-state index in [2.05, 4.69) is 5.32 Å². The first-order valence-corrected chi connectivity index (χ1v) is 13.9. The van der Waals surface area contributed by atoms with Crippen LogP contribution in [-0.4, -0.2) is 31.7 Å². The minimum atomic E-state index is -3.62. The average molecular weight is 532 g/mol. The van der Waals surface area contributed by atoms with E-state index in [9.17, 15) is 13.2 Å².